The van der Waals surface area contributed by atoms with Gasteiger partial charge in [-0.2, -0.15) is 4.98 Å². The number of anilines is 1. The van der Waals surface area contributed by atoms with Crippen LogP contribution in [-0.2, 0) is 12.0 Å². The van der Waals surface area contributed by atoms with E-state index in [2.05, 4.69) is 50.7 Å². The highest BCUT2D eigenvalue weighted by atomic mass is 16.5. The van der Waals surface area contributed by atoms with E-state index in [4.69, 9.17) is 4.52 Å². The third-order valence-corrected chi connectivity index (χ3v) is 3.72. The van der Waals surface area contributed by atoms with Crippen molar-refractivity contribution >= 4 is 5.82 Å². The first-order valence-electron chi connectivity index (χ1n) is 7.59. The zero-order valence-corrected chi connectivity index (χ0v) is 13.4. The number of nitrogens with zero attached hydrogens (tertiary/aromatic N) is 6. The van der Waals surface area contributed by atoms with Crippen molar-refractivity contribution in [2.75, 3.05) is 31.1 Å². The molecule has 2 aromatic heterocycles. The van der Waals surface area contributed by atoms with Crippen LogP contribution in [0.3, 0.4) is 0 Å². The van der Waals surface area contributed by atoms with E-state index in [1.807, 2.05) is 6.20 Å². The maximum Gasteiger partial charge on any atom is 0.232 e. The van der Waals surface area contributed by atoms with Crippen molar-refractivity contribution in [3.05, 3.63) is 30.3 Å². The number of aromatic nitrogens is 4. The highest BCUT2D eigenvalue weighted by Crippen LogP contribution is 2.20. The summed E-state index contributed by atoms with van der Waals surface area (Å²) in [4.78, 5) is 17.6. The zero-order valence-electron chi connectivity index (χ0n) is 13.4. The Morgan fingerprint density at radius 1 is 1.14 bits per heavy atom. The predicted octanol–water partition coefficient (Wildman–Crippen LogP) is 1.48. The standard InChI is InChI=1S/C15H22N6O/c1-15(2,3)14-18-12(19-22-14)11-20-6-8-21(9-7-20)13-10-16-4-5-17-13/h4-5,10H,6-9,11H2,1-3H3. The van der Waals surface area contributed by atoms with Gasteiger partial charge >= 0.3 is 0 Å². The average molecular weight is 302 g/mol. The number of piperazine rings is 1. The van der Waals surface area contributed by atoms with Crippen LogP contribution in [-0.4, -0.2) is 51.2 Å². The van der Waals surface area contributed by atoms with Gasteiger partial charge in [0.25, 0.3) is 0 Å². The molecular formula is C15H22N6O. The SMILES string of the molecule is CC(C)(C)c1nc(CN2CCN(c3cnccn3)CC2)no1. The molecule has 118 valence electrons. The van der Waals surface area contributed by atoms with Crippen molar-refractivity contribution in [1.29, 1.82) is 0 Å². The summed E-state index contributed by atoms with van der Waals surface area (Å²) in [5.41, 5.74) is -0.101. The molecule has 7 nitrogen and oxygen atoms in total. The van der Waals surface area contributed by atoms with Gasteiger partial charge in [0.15, 0.2) is 5.82 Å². The molecule has 2 aromatic rings. The molecular weight excluding hydrogens is 280 g/mol. The lowest BCUT2D eigenvalue weighted by Crippen LogP contribution is -2.46. The fourth-order valence-corrected chi connectivity index (χ4v) is 2.41. The summed E-state index contributed by atoms with van der Waals surface area (Å²) in [5.74, 6) is 2.40. The second-order valence-corrected chi connectivity index (χ2v) is 6.59. The van der Waals surface area contributed by atoms with Crippen molar-refractivity contribution in [2.24, 2.45) is 0 Å². The van der Waals surface area contributed by atoms with E-state index in [-0.39, 0.29) is 5.41 Å². The maximum absolute atomic E-state index is 5.34. The van der Waals surface area contributed by atoms with Crippen LogP contribution in [0, 0.1) is 0 Å². The Bertz CT molecular complexity index is 598. The van der Waals surface area contributed by atoms with Crippen LogP contribution in [0.25, 0.3) is 0 Å². The minimum atomic E-state index is -0.101. The van der Waals surface area contributed by atoms with E-state index in [0.29, 0.717) is 5.89 Å². The minimum Gasteiger partial charge on any atom is -0.353 e. The molecule has 7 heteroatoms. The maximum atomic E-state index is 5.34. The normalized spacial score (nSPS) is 17.0. The molecule has 0 spiro atoms. The van der Waals surface area contributed by atoms with Crippen molar-refractivity contribution in [2.45, 2.75) is 32.7 Å². The summed E-state index contributed by atoms with van der Waals surface area (Å²) in [5, 5.41) is 4.09. The number of rotatable bonds is 3. The molecule has 0 unspecified atom stereocenters. The third-order valence-electron chi connectivity index (χ3n) is 3.72. The molecule has 1 saturated heterocycles. The van der Waals surface area contributed by atoms with E-state index < -0.39 is 0 Å². The lowest BCUT2D eigenvalue weighted by atomic mass is 9.97. The first-order valence-corrected chi connectivity index (χ1v) is 7.59. The van der Waals surface area contributed by atoms with Crippen LogP contribution < -0.4 is 4.90 Å². The van der Waals surface area contributed by atoms with Crippen LogP contribution in [0.2, 0.25) is 0 Å². The molecule has 0 aliphatic carbocycles. The van der Waals surface area contributed by atoms with Gasteiger partial charge in [0.1, 0.15) is 5.82 Å². The van der Waals surface area contributed by atoms with E-state index in [9.17, 15) is 0 Å². The van der Waals surface area contributed by atoms with Crippen molar-refractivity contribution in [1.82, 2.24) is 25.0 Å². The lowest BCUT2D eigenvalue weighted by molar-refractivity contribution is 0.238. The Labute approximate surface area is 130 Å². The first-order chi connectivity index (χ1) is 10.5. The molecule has 0 bridgehead atoms. The Kier molecular flexibility index (Phi) is 4.06. The zero-order chi connectivity index (χ0) is 15.6. The molecule has 0 radical (unpaired) electrons. The summed E-state index contributed by atoms with van der Waals surface area (Å²) < 4.78 is 5.34. The topological polar surface area (TPSA) is 71.2 Å². The summed E-state index contributed by atoms with van der Waals surface area (Å²) in [6.45, 7) is 10.7. The molecule has 1 aliphatic heterocycles. The van der Waals surface area contributed by atoms with Gasteiger partial charge in [0, 0.05) is 44.0 Å². The van der Waals surface area contributed by atoms with Crippen LogP contribution in [0.1, 0.15) is 32.5 Å². The second kappa shape index (κ2) is 6.00. The Hall–Kier alpha value is -2.02. The lowest BCUT2D eigenvalue weighted by Gasteiger charge is -2.34. The van der Waals surface area contributed by atoms with E-state index in [0.717, 1.165) is 44.4 Å². The van der Waals surface area contributed by atoms with Gasteiger partial charge < -0.3 is 9.42 Å². The molecule has 0 saturated carbocycles. The third kappa shape index (κ3) is 3.41. The molecule has 1 fully saturated rings. The molecule has 3 heterocycles. The highest BCUT2D eigenvalue weighted by molar-refractivity contribution is 5.35. The van der Waals surface area contributed by atoms with Gasteiger partial charge in [-0.05, 0) is 0 Å². The van der Waals surface area contributed by atoms with E-state index >= 15 is 0 Å². The second-order valence-electron chi connectivity index (χ2n) is 6.59. The molecule has 22 heavy (non-hydrogen) atoms. The number of hydrogen-bond acceptors (Lipinski definition) is 7. The van der Waals surface area contributed by atoms with Crippen molar-refractivity contribution in [3.8, 4) is 0 Å². The van der Waals surface area contributed by atoms with Gasteiger partial charge in [0.05, 0.1) is 12.7 Å². The van der Waals surface area contributed by atoms with Crippen molar-refractivity contribution < 1.29 is 4.52 Å². The number of hydrogen-bond donors (Lipinski definition) is 0. The van der Waals surface area contributed by atoms with Crippen molar-refractivity contribution in [3.63, 3.8) is 0 Å². The minimum absolute atomic E-state index is 0.101. The van der Waals surface area contributed by atoms with Crippen LogP contribution in [0.15, 0.2) is 23.1 Å². The quantitative estimate of drug-likeness (QED) is 0.850. The monoisotopic (exact) mass is 302 g/mol. The Balaban J connectivity index is 1.55. The molecule has 0 atom stereocenters. The molecule has 0 amide bonds. The van der Waals surface area contributed by atoms with Crippen LogP contribution in [0.5, 0.6) is 0 Å². The smallest absolute Gasteiger partial charge is 0.232 e. The average Bonchev–Trinajstić information content (AvgIpc) is 2.98. The summed E-state index contributed by atoms with van der Waals surface area (Å²) in [6, 6.07) is 0. The molecule has 3 rings (SSSR count). The largest absolute Gasteiger partial charge is 0.353 e. The van der Waals surface area contributed by atoms with Crippen LogP contribution >= 0.6 is 0 Å². The summed E-state index contributed by atoms with van der Waals surface area (Å²) >= 11 is 0. The van der Waals surface area contributed by atoms with Gasteiger partial charge in [-0.15, -0.1) is 0 Å². The fraction of sp³-hybridized carbons (Fsp3) is 0.600. The summed E-state index contributed by atoms with van der Waals surface area (Å²) in [6.07, 6.45) is 5.24. The van der Waals surface area contributed by atoms with E-state index in [1.165, 1.54) is 0 Å². The molecule has 0 aromatic carbocycles. The van der Waals surface area contributed by atoms with Gasteiger partial charge in [0.2, 0.25) is 5.89 Å². The predicted molar refractivity (Wildman–Crippen MR) is 82.5 cm³/mol. The molecule has 1 aliphatic rings. The van der Waals surface area contributed by atoms with E-state index in [1.54, 1.807) is 12.4 Å². The Morgan fingerprint density at radius 2 is 1.91 bits per heavy atom. The Morgan fingerprint density at radius 3 is 2.50 bits per heavy atom. The first kappa shape index (κ1) is 14.9. The summed E-state index contributed by atoms with van der Waals surface area (Å²) in [7, 11) is 0. The van der Waals surface area contributed by atoms with Crippen LogP contribution in [0.4, 0.5) is 5.82 Å². The van der Waals surface area contributed by atoms with Gasteiger partial charge in [-0.1, -0.05) is 25.9 Å². The molecule has 0 N–H and O–H groups in total. The highest BCUT2D eigenvalue weighted by Gasteiger charge is 2.24. The van der Waals surface area contributed by atoms with Gasteiger partial charge in [-0.3, -0.25) is 9.88 Å². The fourth-order valence-electron chi connectivity index (χ4n) is 2.41. The van der Waals surface area contributed by atoms with Gasteiger partial charge in [-0.25, -0.2) is 4.98 Å².